The Kier molecular flexibility index (Phi) is 12.6. The van der Waals surface area contributed by atoms with E-state index in [1.807, 2.05) is 0 Å². The fourth-order valence-corrected chi connectivity index (χ4v) is 12.6. The number of allylic oxidation sites excluding steroid dienone is 2. The molecular weight excluding hydrogens is 646 g/mol. The third kappa shape index (κ3) is 9.19. The van der Waals surface area contributed by atoms with Gasteiger partial charge in [-0.1, -0.05) is 132 Å². The zero-order valence-electron chi connectivity index (χ0n) is 28.9. The van der Waals surface area contributed by atoms with Crippen LogP contribution in [0.25, 0.3) is 0 Å². The third-order valence-corrected chi connectivity index (χ3v) is 13.1. The molecular formula is C44H42FeP2. The molecule has 2 radical (unpaired) electrons. The minimum Gasteiger partial charge on any atom is -0.288 e. The molecule has 3 heteroatoms. The van der Waals surface area contributed by atoms with Crippen LogP contribution < -0.4 is 26.5 Å². The summed E-state index contributed by atoms with van der Waals surface area (Å²) in [4.78, 5) is 0. The first-order valence-electron chi connectivity index (χ1n) is 15.8. The van der Waals surface area contributed by atoms with Crippen LogP contribution in [-0.4, -0.2) is 0 Å². The normalized spacial score (nSPS) is 12.0. The molecule has 0 spiro atoms. The van der Waals surface area contributed by atoms with Crippen molar-refractivity contribution in [3.05, 3.63) is 170 Å². The molecule has 47 heavy (non-hydrogen) atoms. The monoisotopic (exact) mass is 688 g/mol. The van der Waals surface area contributed by atoms with E-state index in [4.69, 9.17) is 0 Å². The van der Waals surface area contributed by atoms with E-state index in [0.29, 0.717) is 5.66 Å². The summed E-state index contributed by atoms with van der Waals surface area (Å²) in [6, 6.07) is 36.8. The first kappa shape index (κ1) is 36.5. The first-order valence-corrected chi connectivity index (χ1v) is 18.6. The van der Waals surface area contributed by atoms with Crippen LogP contribution in [0.15, 0.2) is 102 Å². The van der Waals surface area contributed by atoms with Crippen molar-refractivity contribution >= 4 is 42.4 Å². The van der Waals surface area contributed by atoms with Crippen LogP contribution in [-0.2, 0) is 17.1 Å². The van der Waals surface area contributed by atoms with E-state index < -0.39 is 15.8 Å². The molecule has 1 atom stereocenters. The molecule has 0 unspecified atom stereocenters. The van der Waals surface area contributed by atoms with Crippen molar-refractivity contribution in [1.82, 2.24) is 0 Å². The van der Waals surface area contributed by atoms with Gasteiger partial charge in [0.2, 0.25) is 0 Å². The van der Waals surface area contributed by atoms with Gasteiger partial charge >= 0.3 is 17.1 Å². The van der Waals surface area contributed by atoms with Crippen molar-refractivity contribution in [1.29, 1.82) is 0 Å². The largest absolute Gasteiger partial charge is 2.00 e. The minimum absolute atomic E-state index is 0. The fourth-order valence-electron chi connectivity index (χ4n) is 6.55. The summed E-state index contributed by atoms with van der Waals surface area (Å²) in [5.74, 6) is 0. The van der Waals surface area contributed by atoms with Crippen LogP contribution in [0.2, 0.25) is 0 Å². The van der Waals surface area contributed by atoms with Gasteiger partial charge in [0, 0.05) is 0 Å². The maximum Gasteiger partial charge on any atom is 2.00 e. The average molecular weight is 689 g/mol. The van der Waals surface area contributed by atoms with Crippen LogP contribution in [0.1, 0.15) is 62.7 Å². The number of hydrogen-bond acceptors (Lipinski definition) is 0. The molecule has 0 aliphatic heterocycles. The molecule has 0 heterocycles. The molecule has 5 aromatic carbocycles. The standard InChI is InChI=1S/C39H42P2.C5.Fe/c1-25-13-26(2)18-34(17-25)40(35-19-27(3)14-28(4)20-35)33(9)38-11-10-12-39(38)41(36-21-29(5)15-30(6)22-36)37-23-31(7)16-32(8)24-37;1-2-4-5-3-1;/h10,12-24,33H,1-9H3;;/q2*-1;+2/t33-;;/m0../s1. The molecule has 0 saturated carbocycles. The number of aryl methyl sites for hydroxylation is 8. The van der Waals surface area contributed by atoms with Gasteiger partial charge in [0.15, 0.2) is 0 Å². The van der Waals surface area contributed by atoms with E-state index in [9.17, 15) is 0 Å². The maximum atomic E-state index is 3.79. The smallest absolute Gasteiger partial charge is 0.288 e. The Morgan fingerprint density at radius 2 is 0.936 bits per heavy atom. The first-order chi connectivity index (χ1) is 22.0. The van der Waals surface area contributed by atoms with E-state index >= 15 is 0 Å². The molecule has 0 amide bonds. The summed E-state index contributed by atoms with van der Waals surface area (Å²) < 4.78 is 0. The summed E-state index contributed by atoms with van der Waals surface area (Å²) in [5.41, 5.74) is 19.9. The second-order valence-electron chi connectivity index (χ2n) is 12.7. The third-order valence-electron chi connectivity index (χ3n) is 8.01. The Hall–Kier alpha value is -3.31. The van der Waals surface area contributed by atoms with Gasteiger partial charge in [-0.2, -0.15) is 11.6 Å². The predicted octanol–water partition coefficient (Wildman–Crippen LogP) is 9.25. The quantitative estimate of drug-likeness (QED) is 0.0693. The number of rotatable bonds is 7. The van der Waals surface area contributed by atoms with E-state index in [1.165, 1.54) is 76.6 Å². The van der Waals surface area contributed by atoms with Gasteiger partial charge < -0.3 is 0 Å². The molecule has 0 aromatic heterocycles. The Balaban J connectivity index is 0.000000762. The molecule has 1 aliphatic carbocycles. The maximum absolute atomic E-state index is 3.79. The molecule has 5 aromatic rings. The van der Waals surface area contributed by atoms with Gasteiger partial charge in [0.05, 0.1) is 0 Å². The van der Waals surface area contributed by atoms with Gasteiger partial charge in [-0.15, -0.1) is 17.5 Å². The molecule has 1 aliphatic rings. The number of hydrogen-bond donors (Lipinski definition) is 0. The van der Waals surface area contributed by atoms with Gasteiger partial charge in [-0.25, -0.2) is 17.9 Å². The summed E-state index contributed by atoms with van der Waals surface area (Å²) in [5, 5.41) is 7.22. The summed E-state index contributed by atoms with van der Waals surface area (Å²) in [7, 11) is -1.39. The second kappa shape index (κ2) is 16.2. The molecule has 0 N–H and O–H groups in total. The molecule has 0 bridgehead atoms. The molecule has 0 nitrogen and oxygen atoms in total. The van der Waals surface area contributed by atoms with Crippen molar-refractivity contribution in [2.45, 2.75) is 68.0 Å². The van der Waals surface area contributed by atoms with Crippen molar-refractivity contribution < 1.29 is 17.1 Å². The zero-order valence-corrected chi connectivity index (χ0v) is 31.8. The van der Waals surface area contributed by atoms with E-state index in [0.717, 1.165) is 0 Å². The van der Waals surface area contributed by atoms with Crippen molar-refractivity contribution in [2.75, 3.05) is 0 Å². The summed E-state index contributed by atoms with van der Waals surface area (Å²) >= 11 is 0. The summed E-state index contributed by atoms with van der Waals surface area (Å²) in [6.07, 6.45) is 5.00. The average Bonchev–Trinajstić information content (AvgIpc) is 3.68. The zero-order chi connectivity index (χ0) is 33.0. The van der Waals surface area contributed by atoms with E-state index in [2.05, 4.69) is 183 Å². The van der Waals surface area contributed by atoms with Crippen molar-refractivity contribution in [3.8, 4) is 0 Å². The molecule has 0 saturated heterocycles. The van der Waals surface area contributed by atoms with Crippen molar-refractivity contribution in [3.63, 3.8) is 0 Å². The molecule has 6 rings (SSSR count). The van der Waals surface area contributed by atoms with Crippen LogP contribution in [0.3, 0.4) is 0 Å². The minimum atomic E-state index is -0.735. The van der Waals surface area contributed by atoms with Gasteiger partial charge in [0.25, 0.3) is 0 Å². The fraction of sp³-hybridized carbons (Fsp3) is 0.227. The predicted molar refractivity (Wildman–Crippen MR) is 202 cm³/mol. The van der Waals surface area contributed by atoms with Gasteiger partial charge in [-0.3, -0.25) is 11.5 Å². The van der Waals surface area contributed by atoms with Crippen LogP contribution >= 0.6 is 15.8 Å². The van der Waals surface area contributed by atoms with E-state index in [1.54, 1.807) is 0 Å². The van der Waals surface area contributed by atoms with Crippen LogP contribution in [0.5, 0.6) is 0 Å². The Morgan fingerprint density at radius 1 is 0.553 bits per heavy atom. The Bertz CT molecular complexity index is 1820. The second-order valence-corrected chi connectivity index (χ2v) is 17.4. The number of benzene rings is 4. The van der Waals surface area contributed by atoms with Crippen LogP contribution in [0.4, 0.5) is 0 Å². The van der Waals surface area contributed by atoms with Gasteiger partial charge in [-0.05, 0) is 90.2 Å². The van der Waals surface area contributed by atoms with Crippen molar-refractivity contribution in [2.24, 2.45) is 0 Å². The molecule has 236 valence electrons. The topological polar surface area (TPSA) is 0 Å². The summed E-state index contributed by atoms with van der Waals surface area (Å²) in [6.45, 7) is 20.3. The Morgan fingerprint density at radius 3 is 1.26 bits per heavy atom. The van der Waals surface area contributed by atoms with Gasteiger partial charge in [0.1, 0.15) is 0 Å². The SMILES string of the molecule is Cc1cc(C)cc(P(c2cc(C)cc(C)c2)[c-]2cc[c]c2[C@H](C)P(c2cc(C)cc(C)c2)c2cc(C)cc(C)c2)c1.[C]1=C=C=C=[C-]1.[Fe+2]. The molecule has 0 fully saturated rings. The van der Waals surface area contributed by atoms with E-state index in [-0.39, 0.29) is 17.1 Å². The van der Waals surface area contributed by atoms with Crippen LogP contribution in [0, 0.1) is 73.6 Å². The Labute approximate surface area is 296 Å².